The molecule has 0 atom stereocenters. The fraction of sp³-hybridized carbons (Fsp3) is 0. The maximum atomic E-state index is 10.5. The first-order chi connectivity index (χ1) is 6.70. The number of rotatable bonds is 1. The molecule has 1 aromatic carbocycles. The van der Waals surface area contributed by atoms with Gasteiger partial charge in [0.15, 0.2) is 12.1 Å². The molecule has 2 aromatic rings. The van der Waals surface area contributed by atoms with Gasteiger partial charge >= 0.3 is 0 Å². The SMILES string of the molecule is O=Cc1nc(Cl)c2cc(Cl)ccc2n1. The van der Waals surface area contributed by atoms with Crippen LogP contribution in [0.25, 0.3) is 10.9 Å². The summed E-state index contributed by atoms with van der Waals surface area (Å²) in [6.45, 7) is 0. The minimum absolute atomic E-state index is 0.0739. The average Bonchev–Trinajstić information content (AvgIpc) is 2.19. The highest BCUT2D eigenvalue weighted by atomic mass is 35.5. The standard InChI is InChI=1S/C9H4Cl2N2O/c10-5-1-2-7-6(3-5)9(11)13-8(4-14)12-7/h1-4H. The third-order valence-electron chi connectivity index (χ3n) is 1.73. The molecule has 0 saturated carbocycles. The Morgan fingerprint density at radius 2 is 2.00 bits per heavy atom. The number of nitrogens with zero attached hydrogens (tertiary/aromatic N) is 2. The van der Waals surface area contributed by atoms with Gasteiger partial charge in [-0.15, -0.1) is 0 Å². The van der Waals surface area contributed by atoms with Crippen LogP contribution in [0.1, 0.15) is 10.6 Å². The highest BCUT2D eigenvalue weighted by molar-refractivity contribution is 6.35. The zero-order valence-corrected chi connectivity index (χ0v) is 8.38. The highest BCUT2D eigenvalue weighted by Crippen LogP contribution is 2.23. The second-order valence-corrected chi connectivity index (χ2v) is 3.45. The van der Waals surface area contributed by atoms with E-state index in [1.807, 2.05) is 0 Å². The molecule has 14 heavy (non-hydrogen) atoms. The monoisotopic (exact) mass is 226 g/mol. The number of halogens is 2. The molecule has 5 heteroatoms. The molecule has 0 bridgehead atoms. The summed E-state index contributed by atoms with van der Waals surface area (Å²) in [7, 11) is 0. The Kier molecular flexibility index (Phi) is 2.35. The summed E-state index contributed by atoms with van der Waals surface area (Å²) in [6, 6.07) is 5.04. The summed E-state index contributed by atoms with van der Waals surface area (Å²) >= 11 is 11.6. The third-order valence-corrected chi connectivity index (χ3v) is 2.26. The van der Waals surface area contributed by atoms with Gasteiger partial charge in [-0.05, 0) is 18.2 Å². The van der Waals surface area contributed by atoms with Crippen molar-refractivity contribution < 1.29 is 4.79 Å². The van der Waals surface area contributed by atoms with Gasteiger partial charge in [0, 0.05) is 10.4 Å². The van der Waals surface area contributed by atoms with Gasteiger partial charge in [0.25, 0.3) is 0 Å². The number of fused-ring (bicyclic) bond motifs is 1. The van der Waals surface area contributed by atoms with Crippen LogP contribution in [0.5, 0.6) is 0 Å². The Morgan fingerprint density at radius 1 is 1.21 bits per heavy atom. The van der Waals surface area contributed by atoms with Gasteiger partial charge in [-0.3, -0.25) is 4.79 Å². The molecule has 0 amide bonds. The van der Waals surface area contributed by atoms with Crippen LogP contribution in [-0.2, 0) is 0 Å². The molecule has 0 radical (unpaired) electrons. The molecule has 70 valence electrons. The molecule has 2 rings (SSSR count). The summed E-state index contributed by atoms with van der Waals surface area (Å²) in [6.07, 6.45) is 0.555. The largest absolute Gasteiger partial charge is 0.294 e. The van der Waals surface area contributed by atoms with E-state index in [0.717, 1.165) is 0 Å². The van der Waals surface area contributed by atoms with Crippen molar-refractivity contribution in [1.29, 1.82) is 0 Å². The van der Waals surface area contributed by atoms with Gasteiger partial charge in [-0.1, -0.05) is 23.2 Å². The van der Waals surface area contributed by atoms with Crippen LogP contribution in [0.2, 0.25) is 10.2 Å². The summed E-state index contributed by atoms with van der Waals surface area (Å²) in [5.74, 6) is 0.0739. The second kappa shape index (κ2) is 3.52. The Morgan fingerprint density at radius 3 is 2.71 bits per heavy atom. The zero-order valence-electron chi connectivity index (χ0n) is 6.87. The smallest absolute Gasteiger partial charge is 0.194 e. The number of carbonyl (C=O) groups excluding carboxylic acids is 1. The third kappa shape index (κ3) is 1.56. The van der Waals surface area contributed by atoms with E-state index in [2.05, 4.69) is 9.97 Å². The Bertz CT molecular complexity index is 513. The molecule has 1 aromatic heterocycles. The van der Waals surface area contributed by atoms with Gasteiger partial charge in [0.2, 0.25) is 0 Å². The number of hydrogen-bond donors (Lipinski definition) is 0. The summed E-state index contributed by atoms with van der Waals surface area (Å²) in [5, 5.41) is 1.44. The molecule has 0 aliphatic carbocycles. The molecule has 0 spiro atoms. The van der Waals surface area contributed by atoms with Gasteiger partial charge in [-0.2, -0.15) is 0 Å². The fourth-order valence-electron chi connectivity index (χ4n) is 1.13. The van der Waals surface area contributed by atoms with Crippen LogP contribution >= 0.6 is 23.2 Å². The molecule has 0 aliphatic rings. The Labute approximate surface area is 89.7 Å². The summed E-state index contributed by atoms with van der Waals surface area (Å²) < 4.78 is 0. The van der Waals surface area contributed by atoms with Crippen LogP contribution in [0.15, 0.2) is 18.2 Å². The van der Waals surface area contributed by atoms with Crippen molar-refractivity contribution in [3.63, 3.8) is 0 Å². The maximum absolute atomic E-state index is 10.5. The summed E-state index contributed by atoms with van der Waals surface area (Å²) in [5.41, 5.74) is 0.608. The molecule has 0 fully saturated rings. The molecular formula is C9H4Cl2N2O. The molecular weight excluding hydrogens is 223 g/mol. The number of carbonyl (C=O) groups is 1. The number of aldehydes is 1. The number of benzene rings is 1. The molecule has 0 unspecified atom stereocenters. The van der Waals surface area contributed by atoms with Gasteiger partial charge in [0.1, 0.15) is 5.15 Å². The van der Waals surface area contributed by atoms with Crippen LogP contribution in [0, 0.1) is 0 Å². The highest BCUT2D eigenvalue weighted by Gasteiger charge is 2.05. The zero-order chi connectivity index (χ0) is 10.1. The van der Waals surface area contributed by atoms with E-state index < -0.39 is 0 Å². The quantitative estimate of drug-likeness (QED) is 0.555. The van der Waals surface area contributed by atoms with E-state index in [1.165, 1.54) is 0 Å². The van der Waals surface area contributed by atoms with E-state index in [-0.39, 0.29) is 11.0 Å². The lowest BCUT2D eigenvalue weighted by Crippen LogP contribution is -1.93. The van der Waals surface area contributed by atoms with Gasteiger partial charge in [-0.25, -0.2) is 9.97 Å². The van der Waals surface area contributed by atoms with Crippen LogP contribution in [0.3, 0.4) is 0 Å². The van der Waals surface area contributed by atoms with Crippen molar-refractivity contribution in [3.8, 4) is 0 Å². The van der Waals surface area contributed by atoms with E-state index in [9.17, 15) is 4.79 Å². The van der Waals surface area contributed by atoms with Crippen molar-refractivity contribution in [2.75, 3.05) is 0 Å². The molecule has 1 heterocycles. The first-order valence-electron chi connectivity index (χ1n) is 3.78. The first-order valence-corrected chi connectivity index (χ1v) is 4.54. The van der Waals surface area contributed by atoms with Crippen LogP contribution in [-0.4, -0.2) is 16.3 Å². The molecule has 0 saturated heterocycles. The minimum Gasteiger partial charge on any atom is -0.294 e. The van der Waals surface area contributed by atoms with Crippen molar-refractivity contribution in [2.24, 2.45) is 0 Å². The summed E-state index contributed by atoms with van der Waals surface area (Å²) in [4.78, 5) is 18.2. The Hall–Kier alpha value is -1.19. The lowest BCUT2D eigenvalue weighted by atomic mass is 10.2. The van der Waals surface area contributed by atoms with Crippen molar-refractivity contribution >= 4 is 40.4 Å². The topological polar surface area (TPSA) is 42.9 Å². The second-order valence-electron chi connectivity index (χ2n) is 2.65. The minimum atomic E-state index is 0.0739. The van der Waals surface area contributed by atoms with E-state index in [1.54, 1.807) is 18.2 Å². The van der Waals surface area contributed by atoms with Crippen molar-refractivity contribution in [2.45, 2.75) is 0 Å². The lowest BCUT2D eigenvalue weighted by molar-refractivity contribution is 0.111. The number of aromatic nitrogens is 2. The fourth-order valence-corrected chi connectivity index (χ4v) is 1.54. The van der Waals surface area contributed by atoms with Gasteiger partial charge < -0.3 is 0 Å². The van der Waals surface area contributed by atoms with E-state index in [4.69, 9.17) is 23.2 Å². The average molecular weight is 227 g/mol. The number of hydrogen-bond acceptors (Lipinski definition) is 3. The maximum Gasteiger partial charge on any atom is 0.194 e. The normalized spacial score (nSPS) is 10.4. The predicted octanol–water partition coefficient (Wildman–Crippen LogP) is 2.75. The van der Waals surface area contributed by atoms with Crippen molar-refractivity contribution in [3.05, 3.63) is 34.2 Å². The first kappa shape index (κ1) is 9.37. The molecule has 0 aliphatic heterocycles. The van der Waals surface area contributed by atoms with Crippen LogP contribution < -0.4 is 0 Å². The lowest BCUT2D eigenvalue weighted by Gasteiger charge is -2.00. The predicted molar refractivity (Wildman–Crippen MR) is 54.9 cm³/mol. The van der Waals surface area contributed by atoms with Crippen LogP contribution in [0.4, 0.5) is 0 Å². The Balaban J connectivity index is 2.82. The molecule has 3 nitrogen and oxygen atoms in total. The van der Waals surface area contributed by atoms with E-state index in [0.29, 0.717) is 22.2 Å². The van der Waals surface area contributed by atoms with Crippen molar-refractivity contribution in [1.82, 2.24) is 9.97 Å². The molecule has 0 N–H and O–H groups in total. The van der Waals surface area contributed by atoms with Gasteiger partial charge in [0.05, 0.1) is 5.52 Å². The van der Waals surface area contributed by atoms with E-state index >= 15 is 0 Å².